The molecule has 0 aromatic carbocycles. The number of halogens is 3. The van der Waals surface area contributed by atoms with Crippen LogP contribution in [0.1, 0.15) is 6.92 Å². The zero-order chi connectivity index (χ0) is 9.98. The summed E-state index contributed by atoms with van der Waals surface area (Å²) in [5.74, 6) is 0. The van der Waals surface area contributed by atoms with Gasteiger partial charge in [-0.15, -0.1) is 0 Å². The predicted molar refractivity (Wildman–Crippen MR) is 36.0 cm³/mol. The molecule has 3 nitrogen and oxygen atoms in total. The van der Waals surface area contributed by atoms with Crippen LogP contribution >= 0.6 is 0 Å². The normalized spacial score (nSPS) is 8.50. The SMILES string of the molecule is CCF.COC(=O)OCC(F)F. The van der Waals surface area contributed by atoms with Crippen molar-refractivity contribution in [2.75, 3.05) is 20.4 Å². The van der Waals surface area contributed by atoms with Gasteiger partial charge in [-0.25, -0.2) is 13.6 Å². The lowest BCUT2D eigenvalue weighted by Gasteiger charge is -1.99. The summed E-state index contributed by atoms with van der Waals surface area (Å²) in [7, 11) is 1.05. The van der Waals surface area contributed by atoms with Crippen molar-refractivity contribution in [3.8, 4) is 0 Å². The fourth-order valence-electron chi connectivity index (χ4n) is 0.190. The van der Waals surface area contributed by atoms with E-state index in [0.29, 0.717) is 0 Å². The summed E-state index contributed by atoms with van der Waals surface area (Å²) in [5.41, 5.74) is 0. The average molecular weight is 188 g/mol. The van der Waals surface area contributed by atoms with E-state index in [1.807, 2.05) is 0 Å². The largest absolute Gasteiger partial charge is 0.508 e. The lowest BCUT2D eigenvalue weighted by atomic mass is 10.8. The molecular weight excluding hydrogens is 177 g/mol. The maximum atomic E-state index is 11.2. The van der Waals surface area contributed by atoms with Crippen molar-refractivity contribution >= 4 is 6.16 Å². The Bertz CT molecular complexity index is 108. The Morgan fingerprint density at radius 2 is 1.92 bits per heavy atom. The third-order valence-corrected chi connectivity index (χ3v) is 0.494. The first-order chi connectivity index (χ1) is 5.58. The number of carbonyl (C=O) groups excluding carboxylic acids is 1. The fourth-order valence-corrected chi connectivity index (χ4v) is 0.190. The summed E-state index contributed by atoms with van der Waals surface area (Å²) in [6.45, 7) is 0.298. The molecule has 74 valence electrons. The molecule has 6 heteroatoms. The van der Waals surface area contributed by atoms with Gasteiger partial charge in [0.1, 0.15) is 0 Å². The predicted octanol–water partition coefficient (Wildman–Crippen LogP) is 2.01. The van der Waals surface area contributed by atoms with E-state index in [-0.39, 0.29) is 6.67 Å². The topological polar surface area (TPSA) is 35.5 Å². The zero-order valence-corrected chi connectivity index (χ0v) is 6.85. The first-order valence-corrected chi connectivity index (χ1v) is 3.13. The summed E-state index contributed by atoms with van der Waals surface area (Å²) < 4.78 is 40.4. The van der Waals surface area contributed by atoms with Gasteiger partial charge in [-0.05, 0) is 6.92 Å². The summed E-state index contributed by atoms with van der Waals surface area (Å²) in [6, 6.07) is 0. The van der Waals surface area contributed by atoms with E-state index in [2.05, 4.69) is 9.47 Å². The molecule has 0 amide bonds. The number of ether oxygens (including phenoxy) is 2. The van der Waals surface area contributed by atoms with E-state index in [1.54, 1.807) is 0 Å². The number of alkyl halides is 3. The van der Waals surface area contributed by atoms with Gasteiger partial charge in [0, 0.05) is 0 Å². The average Bonchev–Trinajstić information content (AvgIpc) is 2.01. The van der Waals surface area contributed by atoms with Crippen LogP contribution in [0.15, 0.2) is 0 Å². The van der Waals surface area contributed by atoms with Gasteiger partial charge >= 0.3 is 6.16 Å². The standard InChI is InChI=1S/C4H6F2O3.C2H5F/c1-8-4(7)9-2-3(5)6;1-2-3/h3H,2H2,1H3;2H2,1H3. The van der Waals surface area contributed by atoms with E-state index in [1.165, 1.54) is 6.92 Å². The molecule has 0 N–H and O–H groups in total. The highest BCUT2D eigenvalue weighted by molar-refractivity contribution is 5.59. The fraction of sp³-hybridized carbons (Fsp3) is 0.833. The second-order valence-electron chi connectivity index (χ2n) is 1.42. The van der Waals surface area contributed by atoms with Gasteiger partial charge in [0.2, 0.25) is 0 Å². The van der Waals surface area contributed by atoms with Crippen LogP contribution in [0, 0.1) is 0 Å². The Balaban J connectivity index is 0. The first kappa shape index (κ1) is 13.6. The summed E-state index contributed by atoms with van der Waals surface area (Å²) in [4.78, 5) is 9.94. The quantitative estimate of drug-likeness (QED) is 0.622. The Kier molecular flexibility index (Phi) is 11.4. The van der Waals surface area contributed by atoms with Crippen molar-refractivity contribution < 1.29 is 27.4 Å². The van der Waals surface area contributed by atoms with Crippen LogP contribution in [0.4, 0.5) is 18.0 Å². The Hall–Kier alpha value is -0.940. The molecule has 0 radical (unpaired) electrons. The van der Waals surface area contributed by atoms with Crippen molar-refractivity contribution in [3.05, 3.63) is 0 Å². The summed E-state index contributed by atoms with van der Waals surface area (Å²) >= 11 is 0. The second-order valence-corrected chi connectivity index (χ2v) is 1.42. The smallest absolute Gasteiger partial charge is 0.438 e. The molecule has 0 rings (SSSR count). The monoisotopic (exact) mass is 188 g/mol. The molecular formula is C6H11F3O3. The van der Waals surface area contributed by atoms with Gasteiger partial charge in [0.15, 0.2) is 6.61 Å². The number of rotatable bonds is 2. The Labute approximate surface area is 68.5 Å². The molecule has 0 aliphatic carbocycles. The van der Waals surface area contributed by atoms with Gasteiger partial charge in [-0.2, -0.15) is 0 Å². The van der Waals surface area contributed by atoms with Gasteiger partial charge in [-0.3, -0.25) is 4.39 Å². The molecule has 0 unspecified atom stereocenters. The van der Waals surface area contributed by atoms with Crippen molar-refractivity contribution in [2.24, 2.45) is 0 Å². The molecule has 0 saturated heterocycles. The van der Waals surface area contributed by atoms with Crippen molar-refractivity contribution in [1.82, 2.24) is 0 Å². The van der Waals surface area contributed by atoms with Crippen LogP contribution in [0.25, 0.3) is 0 Å². The first-order valence-electron chi connectivity index (χ1n) is 3.13. The molecule has 0 aromatic rings. The van der Waals surface area contributed by atoms with Crippen LogP contribution in [0.2, 0.25) is 0 Å². The molecule has 0 saturated carbocycles. The van der Waals surface area contributed by atoms with E-state index in [0.717, 1.165) is 7.11 Å². The third kappa shape index (κ3) is 16.0. The molecule has 0 aliphatic rings. The lowest BCUT2D eigenvalue weighted by molar-refractivity contribution is 0.0160. The molecule has 0 aliphatic heterocycles. The molecule has 0 bridgehead atoms. The summed E-state index contributed by atoms with van der Waals surface area (Å²) in [5, 5.41) is 0. The second kappa shape index (κ2) is 10.1. The van der Waals surface area contributed by atoms with Gasteiger partial charge < -0.3 is 9.47 Å². The third-order valence-electron chi connectivity index (χ3n) is 0.494. The highest BCUT2D eigenvalue weighted by Crippen LogP contribution is 1.93. The van der Waals surface area contributed by atoms with Crippen molar-refractivity contribution in [3.63, 3.8) is 0 Å². The maximum Gasteiger partial charge on any atom is 0.508 e. The van der Waals surface area contributed by atoms with Crippen LogP contribution in [0.5, 0.6) is 0 Å². The molecule has 0 fully saturated rings. The molecule has 12 heavy (non-hydrogen) atoms. The van der Waals surface area contributed by atoms with Gasteiger partial charge in [0.05, 0.1) is 13.8 Å². The number of methoxy groups -OCH3 is 1. The van der Waals surface area contributed by atoms with E-state index in [4.69, 9.17) is 0 Å². The highest BCUT2D eigenvalue weighted by atomic mass is 19.3. The van der Waals surface area contributed by atoms with Crippen molar-refractivity contribution in [1.29, 1.82) is 0 Å². The van der Waals surface area contributed by atoms with Gasteiger partial charge in [0.25, 0.3) is 6.43 Å². The van der Waals surface area contributed by atoms with Crippen molar-refractivity contribution in [2.45, 2.75) is 13.3 Å². The minimum Gasteiger partial charge on any atom is -0.438 e. The zero-order valence-electron chi connectivity index (χ0n) is 6.85. The van der Waals surface area contributed by atoms with Gasteiger partial charge in [-0.1, -0.05) is 0 Å². The van der Waals surface area contributed by atoms with E-state index < -0.39 is 19.2 Å². The molecule has 0 atom stereocenters. The lowest BCUT2D eigenvalue weighted by Crippen LogP contribution is -2.10. The van der Waals surface area contributed by atoms with Crippen LogP contribution in [0.3, 0.4) is 0 Å². The number of hydrogen-bond acceptors (Lipinski definition) is 3. The summed E-state index contributed by atoms with van der Waals surface area (Å²) in [6.07, 6.45) is -3.72. The number of carbonyl (C=O) groups is 1. The Morgan fingerprint density at radius 1 is 1.50 bits per heavy atom. The van der Waals surface area contributed by atoms with E-state index in [9.17, 15) is 18.0 Å². The Morgan fingerprint density at radius 3 is 2.17 bits per heavy atom. The van der Waals surface area contributed by atoms with Crippen LogP contribution in [-0.2, 0) is 9.47 Å². The molecule has 0 heterocycles. The number of hydrogen-bond donors (Lipinski definition) is 0. The minimum absolute atomic E-state index is 0.250. The molecule has 0 spiro atoms. The maximum absolute atomic E-state index is 11.2. The minimum atomic E-state index is -2.64. The highest BCUT2D eigenvalue weighted by Gasteiger charge is 2.06. The van der Waals surface area contributed by atoms with Crippen LogP contribution < -0.4 is 0 Å². The molecule has 0 aromatic heterocycles. The van der Waals surface area contributed by atoms with Crippen LogP contribution in [-0.4, -0.2) is 33.0 Å². The van der Waals surface area contributed by atoms with E-state index >= 15 is 0 Å².